The molecule has 0 aliphatic heterocycles. The van der Waals surface area contributed by atoms with Gasteiger partial charge in [0.1, 0.15) is 11.5 Å². The van der Waals surface area contributed by atoms with E-state index in [1.165, 1.54) is 0 Å². The maximum Gasteiger partial charge on any atom is 0.343 e. The maximum absolute atomic E-state index is 12.2. The molecule has 0 N–H and O–H groups in total. The highest BCUT2D eigenvalue weighted by Gasteiger charge is 2.11. The number of hydrogen-bond acceptors (Lipinski definition) is 6. The van der Waals surface area contributed by atoms with Gasteiger partial charge in [0.2, 0.25) is 0 Å². The SMILES string of the molecule is CCC(C)C(=O)OCCCCOc1ccc(C(=O)Oc2ccc(C#N)cc2)cc1. The Balaban J connectivity index is 1.70. The lowest BCUT2D eigenvalue weighted by Gasteiger charge is -2.10. The predicted octanol–water partition coefficient (Wildman–Crippen LogP) is 4.53. The number of benzene rings is 2. The molecule has 152 valence electrons. The highest BCUT2D eigenvalue weighted by atomic mass is 16.5. The molecule has 2 aromatic rings. The molecule has 29 heavy (non-hydrogen) atoms. The topological polar surface area (TPSA) is 85.6 Å². The third-order valence-corrected chi connectivity index (χ3v) is 4.35. The highest BCUT2D eigenvalue weighted by molar-refractivity contribution is 5.91. The highest BCUT2D eigenvalue weighted by Crippen LogP contribution is 2.17. The second kappa shape index (κ2) is 11.5. The van der Waals surface area contributed by atoms with Crippen LogP contribution in [-0.4, -0.2) is 25.2 Å². The molecule has 0 saturated heterocycles. The van der Waals surface area contributed by atoms with Crippen LogP contribution in [0, 0.1) is 17.2 Å². The molecule has 2 rings (SSSR count). The van der Waals surface area contributed by atoms with Crippen LogP contribution in [0.5, 0.6) is 11.5 Å². The summed E-state index contributed by atoms with van der Waals surface area (Å²) in [6.45, 7) is 4.70. The Hall–Kier alpha value is -3.33. The fourth-order valence-corrected chi connectivity index (χ4v) is 2.33. The van der Waals surface area contributed by atoms with Crippen LogP contribution in [0.4, 0.5) is 0 Å². The normalized spacial score (nSPS) is 11.2. The second-order valence-electron chi connectivity index (χ2n) is 6.58. The number of esters is 2. The van der Waals surface area contributed by atoms with Gasteiger partial charge < -0.3 is 14.2 Å². The van der Waals surface area contributed by atoms with Gasteiger partial charge in [0.25, 0.3) is 0 Å². The van der Waals surface area contributed by atoms with Gasteiger partial charge in [-0.3, -0.25) is 4.79 Å². The van der Waals surface area contributed by atoms with E-state index in [1.54, 1.807) is 48.5 Å². The number of unbranched alkanes of at least 4 members (excludes halogenated alkanes) is 1. The van der Waals surface area contributed by atoms with Crippen LogP contribution in [-0.2, 0) is 9.53 Å². The van der Waals surface area contributed by atoms with Crippen molar-refractivity contribution in [1.29, 1.82) is 5.26 Å². The fourth-order valence-electron chi connectivity index (χ4n) is 2.33. The van der Waals surface area contributed by atoms with Crippen LogP contribution in [0.15, 0.2) is 48.5 Å². The van der Waals surface area contributed by atoms with E-state index in [0.29, 0.717) is 35.8 Å². The minimum atomic E-state index is -0.482. The van der Waals surface area contributed by atoms with Gasteiger partial charge in [-0.25, -0.2) is 4.79 Å². The summed E-state index contributed by atoms with van der Waals surface area (Å²) in [5.74, 6) is 0.328. The number of nitriles is 1. The van der Waals surface area contributed by atoms with E-state index >= 15 is 0 Å². The molecule has 6 heteroatoms. The lowest BCUT2D eigenvalue weighted by atomic mass is 10.1. The summed E-state index contributed by atoms with van der Waals surface area (Å²) in [5, 5.41) is 8.78. The Labute approximate surface area is 171 Å². The fraction of sp³-hybridized carbons (Fsp3) is 0.348. The summed E-state index contributed by atoms with van der Waals surface area (Å²) in [6.07, 6.45) is 2.27. The van der Waals surface area contributed by atoms with Gasteiger partial charge in [-0.1, -0.05) is 13.8 Å². The van der Waals surface area contributed by atoms with Crippen molar-refractivity contribution in [1.82, 2.24) is 0 Å². The number of carbonyl (C=O) groups is 2. The zero-order chi connectivity index (χ0) is 21.1. The first-order valence-electron chi connectivity index (χ1n) is 9.65. The van der Waals surface area contributed by atoms with Crippen LogP contribution < -0.4 is 9.47 Å². The van der Waals surface area contributed by atoms with E-state index in [2.05, 4.69) is 0 Å². The smallest absolute Gasteiger partial charge is 0.343 e. The molecule has 0 aliphatic carbocycles. The van der Waals surface area contributed by atoms with Crippen LogP contribution >= 0.6 is 0 Å². The van der Waals surface area contributed by atoms with E-state index < -0.39 is 5.97 Å². The predicted molar refractivity (Wildman–Crippen MR) is 108 cm³/mol. The molecule has 6 nitrogen and oxygen atoms in total. The Morgan fingerprint density at radius 3 is 2.21 bits per heavy atom. The molecule has 1 unspecified atom stereocenters. The summed E-state index contributed by atoms with van der Waals surface area (Å²) in [6, 6.07) is 15.0. The maximum atomic E-state index is 12.2. The molecule has 0 spiro atoms. The zero-order valence-electron chi connectivity index (χ0n) is 16.7. The van der Waals surface area contributed by atoms with Crippen LogP contribution in [0.25, 0.3) is 0 Å². The number of hydrogen-bond donors (Lipinski definition) is 0. The Morgan fingerprint density at radius 1 is 0.966 bits per heavy atom. The van der Waals surface area contributed by atoms with Gasteiger partial charge in [-0.05, 0) is 67.8 Å². The quantitative estimate of drug-likeness (QED) is 0.334. The average Bonchev–Trinajstić information content (AvgIpc) is 2.76. The van der Waals surface area contributed by atoms with Crippen molar-refractivity contribution >= 4 is 11.9 Å². The van der Waals surface area contributed by atoms with E-state index in [1.807, 2.05) is 19.9 Å². The molecule has 0 saturated carbocycles. The molecule has 0 aliphatic rings. The Kier molecular flexibility index (Phi) is 8.71. The number of ether oxygens (including phenoxy) is 3. The summed E-state index contributed by atoms with van der Waals surface area (Å²) in [7, 11) is 0. The molecule has 1 atom stereocenters. The van der Waals surface area contributed by atoms with Gasteiger partial charge in [0.05, 0.1) is 36.3 Å². The second-order valence-corrected chi connectivity index (χ2v) is 6.58. The van der Waals surface area contributed by atoms with E-state index in [4.69, 9.17) is 19.5 Å². The lowest BCUT2D eigenvalue weighted by Crippen LogP contribution is -2.15. The van der Waals surface area contributed by atoms with Gasteiger partial charge in [0, 0.05) is 0 Å². The molecule has 0 bridgehead atoms. The summed E-state index contributed by atoms with van der Waals surface area (Å²) in [4.78, 5) is 23.7. The van der Waals surface area contributed by atoms with Crippen LogP contribution in [0.3, 0.4) is 0 Å². The van der Waals surface area contributed by atoms with Crippen molar-refractivity contribution < 1.29 is 23.8 Å². The molecular weight excluding hydrogens is 370 g/mol. The van der Waals surface area contributed by atoms with Gasteiger partial charge >= 0.3 is 11.9 Å². The minimum Gasteiger partial charge on any atom is -0.494 e. The van der Waals surface area contributed by atoms with Crippen molar-refractivity contribution in [3.05, 3.63) is 59.7 Å². The molecule has 2 aromatic carbocycles. The molecule has 0 fully saturated rings. The van der Waals surface area contributed by atoms with Crippen molar-refractivity contribution in [2.75, 3.05) is 13.2 Å². The summed E-state index contributed by atoms with van der Waals surface area (Å²) >= 11 is 0. The van der Waals surface area contributed by atoms with Crippen LogP contribution in [0.1, 0.15) is 49.0 Å². The standard InChI is InChI=1S/C23H25NO5/c1-3-17(2)22(25)28-15-5-4-14-27-20-12-8-19(9-13-20)23(26)29-21-10-6-18(16-24)7-11-21/h6-13,17H,3-5,14-15H2,1-2H3. The van der Waals surface area contributed by atoms with E-state index in [-0.39, 0.29) is 11.9 Å². The largest absolute Gasteiger partial charge is 0.494 e. The van der Waals surface area contributed by atoms with Crippen LogP contribution in [0.2, 0.25) is 0 Å². The summed E-state index contributed by atoms with van der Waals surface area (Å²) in [5.41, 5.74) is 0.902. The Bertz CT molecular complexity index is 837. The molecule has 0 radical (unpaired) electrons. The number of nitrogens with zero attached hydrogens (tertiary/aromatic N) is 1. The minimum absolute atomic E-state index is 0.0617. The first-order valence-corrected chi connectivity index (χ1v) is 9.65. The van der Waals surface area contributed by atoms with Gasteiger partial charge in [-0.2, -0.15) is 5.26 Å². The third-order valence-electron chi connectivity index (χ3n) is 4.35. The molecule has 0 amide bonds. The van der Waals surface area contributed by atoms with Gasteiger partial charge in [0.15, 0.2) is 0 Å². The van der Waals surface area contributed by atoms with E-state index in [0.717, 1.165) is 19.3 Å². The van der Waals surface area contributed by atoms with Crippen molar-refractivity contribution in [2.45, 2.75) is 33.1 Å². The number of rotatable bonds is 10. The van der Waals surface area contributed by atoms with Gasteiger partial charge in [-0.15, -0.1) is 0 Å². The van der Waals surface area contributed by atoms with Crippen molar-refractivity contribution in [3.8, 4) is 17.6 Å². The summed E-state index contributed by atoms with van der Waals surface area (Å²) < 4.78 is 16.1. The third kappa shape index (κ3) is 7.30. The molecular formula is C23H25NO5. The van der Waals surface area contributed by atoms with Crippen molar-refractivity contribution in [3.63, 3.8) is 0 Å². The first kappa shape index (κ1) is 22.0. The van der Waals surface area contributed by atoms with E-state index in [9.17, 15) is 9.59 Å². The lowest BCUT2D eigenvalue weighted by molar-refractivity contribution is -0.148. The first-order chi connectivity index (χ1) is 14.0. The zero-order valence-corrected chi connectivity index (χ0v) is 16.7. The monoisotopic (exact) mass is 395 g/mol. The molecule has 0 heterocycles. The number of carbonyl (C=O) groups excluding carboxylic acids is 2. The molecule has 0 aromatic heterocycles. The Morgan fingerprint density at radius 2 is 1.59 bits per heavy atom. The average molecular weight is 395 g/mol. The van der Waals surface area contributed by atoms with Crippen molar-refractivity contribution in [2.24, 2.45) is 5.92 Å².